The lowest BCUT2D eigenvalue weighted by Crippen LogP contribution is -2.50. The number of ether oxygens (including phenoxy) is 1. The lowest BCUT2D eigenvalue weighted by molar-refractivity contribution is -0.132. The summed E-state index contributed by atoms with van der Waals surface area (Å²) in [5.74, 6) is 0.297. The SMILES string of the molecule is COc1cc(Cl)ccc1N1CCN(C(=O)CCC2(C)NC(=O)NC2=O)CC1. The molecular weight excluding hydrogens is 372 g/mol. The van der Waals surface area contributed by atoms with E-state index in [1.165, 1.54) is 0 Å². The molecule has 2 aliphatic heterocycles. The van der Waals surface area contributed by atoms with Crippen LogP contribution < -0.4 is 20.3 Å². The highest BCUT2D eigenvalue weighted by Crippen LogP contribution is 2.31. The highest BCUT2D eigenvalue weighted by atomic mass is 35.5. The zero-order valence-corrected chi connectivity index (χ0v) is 16.1. The van der Waals surface area contributed by atoms with Crippen molar-refractivity contribution in [3.05, 3.63) is 23.2 Å². The second-order valence-corrected chi connectivity index (χ2v) is 7.36. The van der Waals surface area contributed by atoms with Gasteiger partial charge in [-0.2, -0.15) is 0 Å². The van der Waals surface area contributed by atoms with E-state index < -0.39 is 11.6 Å². The van der Waals surface area contributed by atoms with Gasteiger partial charge in [-0.25, -0.2) is 4.79 Å². The number of piperazine rings is 1. The van der Waals surface area contributed by atoms with Gasteiger partial charge in [0.05, 0.1) is 12.8 Å². The van der Waals surface area contributed by atoms with Gasteiger partial charge >= 0.3 is 6.03 Å². The molecule has 0 radical (unpaired) electrons. The number of benzene rings is 1. The molecule has 2 N–H and O–H groups in total. The Kier molecular flexibility index (Phi) is 5.46. The first-order valence-corrected chi connectivity index (χ1v) is 9.20. The van der Waals surface area contributed by atoms with Gasteiger partial charge in [0.1, 0.15) is 11.3 Å². The van der Waals surface area contributed by atoms with Crippen molar-refractivity contribution in [2.24, 2.45) is 0 Å². The minimum absolute atomic E-state index is 0.0205. The Morgan fingerprint density at radius 1 is 1.26 bits per heavy atom. The molecule has 0 bridgehead atoms. The molecule has 2 aliphatic rings. The third kappa shape index (κ3) is 4.10. The van der Waals surface area contributed by atoms with Crippen LogP contribution in [0.15, 0.2) is 18.2 Å². The second kappa shape index (κ2) is 7.64. The number of imide groups is 1. The minimum atomic E-state index is -1.02. The van der Waals surface area contributed by atoms with E-state index in [1.807, 2.05) is 12.1 Å². The smallest absolute Gasteiger partial charge is 0.322 e. The summed E-state index contributed by atoms with van der Waals surface area (Å²) in [5.41, 5.74) is -0.0718. The number of amides is 4. The summed E-state index contributed by atoms with van der Waals surface area (Å²) in [4.78, 5) is 39.6. The van der Waals surface area contributed by atoms with Crippen LogP contribution in [0.25, 0.3) is 0 Å². The molecule has 3 rings (SSSR count). The fourth-order valence-corrected chi connectivity index (χ4v) is 3.54. The highest BCUT2D eigenvalue weighted by molar-refractivity contribution is 6.30. The molecule has 27 heavy (non-hydrogen) atoms. The lowest BCUT2D eigenvalue weighted by Gasteiger charge is -2.37. The van der Waals surface area contributed by atoms with E-state index in [0.717, 1.165) is 5.69 Å². The maximum absolute atomic E-state index is 12.5. The fraction of sp³-hybridized carbons (Fsp3) is 0.500. The normalized spacial score (nSPS) is 22.5. The van der Waals surface area contributed by atoms with Crippen molar-refractivity contribution >= 4 is 35.1 Å². The van der Waals surface area contributed by atoms with Gasteiger partial charge in [-0.1, -0.05) is 11.6 Å². The van der Waals surface area contributed by atoms with Gasteiger partial charge in [0.25, 0.3) is 5.91 Å². The van der Waals surface area contributed by atoms with Gasteiger partial charge in [-0.15, -0.1) is 0 Å². The average molecular weight is 395 g/mol. The summed E-state index contributed by atoms with van der Waals surface area (Å²) in [7, 11) is 1.60. The van der Waals surface area contributed by atoms with Crippen molar-refractivity contribution in [3.63, 3.8) is 0 Å². The summed E-state index contributed by atoms with van der Waals surface area (Å²) in [6.45, 7) is 4.15. The molecule has 9 heteroatoms. The Labute approximate surface area is 162 Å². The van der Waals surface area contributed by atoms with Crippen LogP contribution in [-0.4, -0.2) is 61.6 Å². The molecule has 4 amide bonds. The molecule has 2 saturated heterocycles. The summed E-state index contributed by atoms with van der Waals surface area (Å²) >= 11 is 6.01. The zero-order valence-electron chi connectivity index (χ0n) is 15.4. The number of hydrogen-bond donors (Lipinski definition) is 2. The maximum Gasteiger partial charge on any atom is 0.322 e. The monoisotopic (exact) mass is 394 g/mol. The van der Waals surface area contributed by atoms with E-state index >= 15 is 0 Å². The number of hydrogen-bond acceptors (Lipinski definition) is 5. The summed E-state index contributed by atoms with van der Waals surface area (Å²) < 4.78 is 5.40. The van der Waals surface area contributed by atoms with Crippen molar-refractivity contribution in [2.45, 2.75) is 25.3 Å². The highest BCUT2D eigenvalue weighted by Gasteiger charge is 2.42. The number of anilines is 1. The number of methoxy groups -OCH3 is 1. The molecule has 2 heterocycles. The first-order chi connectivity index (χ1) is 12.8. The molecule has 1 aromatic carbocycles. The van der Waals surface area contributed by atoms with Crippen LogP contribution in [0.2, 0.25) is 5.02 Å². The molecule has 0 spiro atoms. The number of rotatable bonds is 5. The van der Waals surface area contributed by atoms with E-state index in [0.29, 0.717) is 37.0 Å². The first kappa shape index (κ1) is 19.3. The number of nitrogens with zero attached hydrogens (tertiary/aromatic N) is 2. The molecular formula is C18H23ClN4O4. The van der Waals surface area contributed by atoms with E-state index in [2.05, 4.69) is 15.5 Å². The number of nitrogens with one attached hydrogen (secondary N) is 2. The standard InChI is InChI=1S/C18H23ClN4O4/c1-18(16(25)20-17(26)21-18)6-5-15(24)23-9-7-22(8-10-23)13-4-3-12(19)11-14(13)27-2/h3-4,11H,5-10H2,1-2H3,(H2,20,21,25,26). The van der Waals surface area contributed by atoms with Crippen LogP contribution in [0.3, 0.4) is 0 Å². The maximum atomic E-state index is 12.5. The number of urea groups is 1. The van der Waals surface area contributed by atoms with E-state index in [1.54, 1.807) is 25.0 Å². The Morgan fingerprint density at radius 2 is 1.96 bits per heavy atom. The minimum Gasteiger partial charge on any atom is -0.495 e. The lowest BCUT2D eigenvalue weighted by atomic mass is 9.96. The molecule has 0 aliphatic carbocycles. The predicted molar refractivity (Wildman–Crippen MR) is 101 cm³/mol. The Hall–Kier alpha value is -2.48. The Bertz CT molecular complexity index is 764. The topological polar surface area (TPSA) is 91.0 Å². The summed E-state index contributed by atoms with van der Waals surface area (Å²) in [6, 6.07) is 5.00. The van der Waals surface area contributed by atoms with Crippen LogP contribution in [-0.2, 0) is 9.59 Å². The average Bonchev–Trinajstić information content (AvgIpc) is 2.91. The molecule has 146 valence electrons. The Morgan fingerprint density at radius 3 is 2.56 bits per heavy atom. The van der Waals surface area contributed by atoms with Crippen molar-refractivity contribution < 1.29 is 19.1 Å². The molecule has 2 fully saturated rings. The first-order valence-electron chi connectivity index (χ1n) is 8.82. The van der Waals surface area contributed by atoms with Gasteiger partial charge in [0, 0.05) is 43.7 Å². The van der Waals surface area contributed by atoms with Gasteiger partial charge in [0.15, 0.2) is 0 Å². The van der Waals surface area contributed by atoms with Crippen LogP contribution in [0, 0.1) is 0 Å². The van der Waals surface area contributed by atoms with E-state index in [-0.39, 0.29) is 24.7 Å². The second-order valence-electron chi connectivity index (χ2n) is 6.92. The van der Waals surface area contributed by atoms with Crippen molar-refractivity contribution in [1.82, 2.24) is 15.5 Å². The number of carbonyl (C=O) groups is 3. The third-order valence-electron chi connectivity index (χ3n) is 5.07. The van der Waals surface area contributed by atoms with Gasteiger partial charge in [0.2, 0.25) is 5.91 Å². The van der Waals surface area contributed by atoms with Gasteiger partial charge in [-0.05, 0) is 25.5 Å². The van der Waals surface area contributed by atoms with E-state index in [4.69, 9.17) is 16.3 Å². The molecule has 0 saturated carbocycles. The third-order valence-corrected chi connectivity index (χ3v) is 5.31. The predicted octanol–water partition coefficient (Wildman–Crippen LogP) is 1.38. The van der Waals surface area contributed by atoms with Gasteiger partial charge < -0.3 is 19.9 Å². The molecule has 1 atom stereocenters. The van der Waals surface area contributed by atoms with Crippen LogP contribution in [0.4, 0.5) is 10.5 Å². The fourth-order valence-electron chi connectivity index (χ4n) is 3.38. The molecule has 8 nitrogen and oxygen atoms in total. The molecule has 1 unspecified atom stereocenters. The van der Waals surface area contributed by atoms with E-state index in [9.17, 15) is 14.4 Å². The van der Waals surface area contributed by atoms with Crippen LogP contribution in [0.5, 0.6) is 5.75 Å². The summed E-state index contributed by atoms with van der Waals surface area (Å²) in [5, 5.41) is 5.40. The van der Waals surface area contributed by atoms with Gasteiger partial charge in [-0.3, -0.25) is 14.9 Å². The van der Waals surface area contributed by atoms with Crippen LogP contribution >= 0.6 is 11.6 Å². The van der Waals surface area contributed by atoms with Crippen molar-refractivity contribution in [1.29, 1.82) is 0 Å². The van der Waals surface area contributed by atoms with Crippen molar-refractivity contribution in [3.8, 4) is 5.75 Å². The molecule has 0 aromatic heterocycles. The zero-order chi connectivity index (χ0) is 19.6. The number of halogens is 1. The molecule has 1 aromatic rings. The largest absolute Gasteiger partial charge is 0.495 e. The van der Waals surface area contributed by atoms with Crippen LogP contribution in [0.1, 0.15) is 19.8 Å². The Balaban J connectivity index is 1.54. The number of carbonyl (C=O) groups excluding carboxylic acids is 3. The quantitative estimate of drug-likeness (QED) is 0.736. The van der Waals surface area contributed by atoms with Crippen molar-refractivity contribution in [2.75, 3.05) is 38.2 Å². The summed E-state index contributed by atoms with van der Waals surface area (Å²) in [6.07, 6.45) is 0.475.